The standard InChI is InChI=1S/C14H25N/c1-3-5-11-14(15-12-4-2)13-9-7-6-8-10-13/h13-15H,4,6-12H2,1-2H3. The van der Waals surface area contributed by atoms with E-state index in [1.54, 1.807) is 0 Å². The highest BCUT2D eigenvalue weighted by Gasteiger charge is 2.21. The third-order valence-corrected chi connectivity index (χ3v) is 3.37. The highest BCUT2D eigenvalue weighted by atomic mass is 14.9. The zero-order chi connectivity index (χ0) is 10.9. The monoisotopic (exact) mass is 207 g/mol. The lowest BCUT2D eigenvalue weighted by Crippen LogP contribution is -2.37. The fourth-order valence-corrected chi connectivity index (χ4v) is 2.48. The maximum atomic E-state index is 3.67. The van der Waals surface area contributed by atoms with Gasteiger partial charge in [0.25, 0.3) is 0 Å². The number of hydrogen-bond donors (Lipinski definition) is 1. The molecular formula is C14H25N. The highest BCUT2D eigenvalue weighted by molar-refractivity contribution is 4.99. The van der Waals surface area contributed by atoms with E-state index in [2.05, 4.69) is 24.1 Å². The van der Waals surface area contributed by atoms with Crippen LogP contribution in [-0.4, -0.2) is 12.6 Å². The van der Waals surface area contributed by atoms with Crippen LogP contribution in [0.5, 0.6) is 0 Å². The van der Waals surface area contributed by atoms with E-state index in [4.69, 9.17) is 0 Å². The maximum absolute atomic E-state index is 3.67. The van der Waals surface area contributed by atoms with Crippen molar-refractivity contribution < 1.29 is 0 Å². The molecule has 0 spiro atoms. The molecule has 1 rings (SSSR count). The zero-order valence-electron chi connectivity index (χ0n) is 10.3. The Labute approximate surface area is 95.0 Å². The fourth-order valence-electron chi connectivity index (χ4n) is 2.48. The number of rotatable bonds is 5. The fraction of sp³-hybridized carbons (Fsp3) is 0.857. The van der Waals surface area contributed by atoms with Crippen molar-refractivity contribution in [1.29, 1.82) is 0 Å². The Morgan fingerprint density at radius 3 is 2.60 bits per heavy atom. The second-order valence-electron chi connectivity index (χ2n) is 4.59. The smallest absolute Gasteiger partial charge is 0.0245 e. The first-order valence-corrected chi connectivity index (χ1v) is 6.51. The molecule has 1 aliphatic carbocycles. The molecule has 86 valence electrons. The van der Waals surface area contributed by atoms with Crippen LogP contribution >= 0.6 is 0 Å². The van der Waals surface area contributed by atoms with Gasteiger partial charge in [-0.05, 0) is 38.6 Å². The molecule has 1 aliphatic rings. The lowest BCUT2D eigenvalue weighted by molar-refractivity contribution is 0.271. The highest BCUT2D eigenvalue weighted by Crippen LogP contribution is 2.27. The van der Waals surface area contributed by atoms with Crippen molar-refractivity contribution in [2.45, 2.75) is 64.8 Å². The molecule has 1 heteroatoms. The molecule has 0 aromatic carbocycles. The summed E-state index contributed by atoms with van der Waals surface area (Å²) in [6, 6.07) is 0.651. The molecule has 1 atom stereocenters. The summed E-state index contributed by atoms with van der Waals surface area (Å²) in [6.07, 6.45) is 9.38. The summed E-state index contributed by atoms with van der Waals surface area (Å²) in [4.78, 5) is 0. The molecule has 1 saturated carbocycles. The van der Waals surface area contributed by atoms with E-state index in [0.29, 0.717) is 6.04 Å². The molecule has 0 radical (unpaired) electrons. The van der Waals surface area contributed by atoms with Gasteiger partial charge in [-0.1, -0.05) is 26.2 Å². The van der Waals surface area contributed by atoms with Crippen LogP contribution in [0.3, 0.4) is 0 Å². The molecular weight excluding hydrogens is 182 g/mol. The summed E-state index contributed by atoms with van der Waals surface area (Å²) in [5, 5.41) is 3.67. The molecule has 0 saturated heterocycles. The van der Waals surface area contributed by atoms with Gasteiger partial charge in [0.05, 0.1) is 0 Å². The molecule has 1 unspecified atom stereocenters. The van der Waals surface area contributed by atoms with Crippen molar-refractivity contribution >= 4 is 0 Å². The topological polar surface area (TPSA) is 12.0 Å². The second kappa shape index (κ2) is 7.77. The van der Waals surface area contributed by atoms with Crippen molar-refractivity contribution in [3.8, 4) is 11.8 Å². The lowest BCUT2D eigenvalue weighted by atomic mass is 9.82. The van der Waals surface area contributed by atoms with Crippen molar-refractivity contribution in [2.75, 3.05) is 6.54 Å². The maximum Gasteiger partial charge on any atom is 0.0245 e. The van der Waals surface area contributed by atoms with Crippen LogP contribution in [0.1, 0.15) is 58.8 Å². The molecule has 0 aromatic rings. The summed E-state index contributed by atoms with van der Waals surface area (Å²) >= 11 is 0. The first-order chi connectivity index (χ1) is 7.38. The van der Waals surface area contributed by atoms with Crippen LogP contribution < -0.4 is 5.32 Å². The van der Waals surface area contributed by atoms with E-state index in [-0.39, 0.29) is 0 Å². The normalized spacial score (nSPS) is 19.3. The van der Waals surface area contributed by atoms with E-state index >= 15 is 0 Å². The van der Waals surface area contributed by atoms with Crippen molar-refractivity contribution in [1.82, 2.24) is 5.32 Å². The average molecular weight is 207 g/mol. The van der Waals surface area contributed by atoms with Crippen LogP contribution in [0.4, 0.5) is 0 Å². The Morgan fingerprint density at radius 1 is 1.27 bits per heavy atom. The van der Waals surface area contributed by atoms with E-state index < -0.39 is 0 Å². The van der Waals surface area contributed by atoms with Gasteiger partial charge in [0.1, 0.15) is 0 Å². The van der Waals surface area contributed by atoms with Gasteiger partial charge < -0.3 is 5.32 Å². The predicted octanol–water partition coefficient (Wildman–Crippen LogP) is 3.35. The summed E-state index contributed by atoms with van der Waals surface area (Å²) in [5.41, 5.74) is 0. The van der Waals surface area contributed by atoms with Gasteiger partial charge in [-0.25, -0.2) is 0 Å². The van der Waals surface area contributed by atoms with Gasteiger partial charge in [-0.15, -0.1) is 11.8 Å². The van der Waals surface area contributed by atoms with Gasteiger partial charge in [0.2, 0.25) is 0 Å². The van der Waals surface area contributed by atoms with E-state index in [0.717, 1.165) is 18.9 Å². The quantitative estimate of drug-likeness (QED) is 0.682. The largest absolute Gasteiger partial charge is 0.313 e. The Balaban J connectivity index is 2.39. The summed E-state index contributed by atoms with van der Waals surface area (Å²) in [7, 11) is 0. The molecule has 0 aromatic heterocycles. The Kier molecular flexibility index (Phi) is 6.52. The first-order valence-electron chi connectivity index (χ1n) is 6.51. The van der Waals surface area contributed by atoms with Gasteiger partial charge in [-0.2, -0.15) is 0 Å². The van der Waals surface area contributed by atoms with Crippen LogP contribution in [0.2, 0.25) is 0 Å². The van der Waals surface area contributed by atoms with Gasteiger partial charge >= 0.3 is 0 Å². The molecule has 0 amide bonds. The molecule has 1 fully saturated rings. The minimum Gasteiger partial charge on any atom is -0.313 e. The Bertz CT molecular complexity index is 205. The Morgan fingerprint density at radius 2 is 2.00 bits per heavy atom. The summed E-state index contributed by atoms with van der Waals surface area (Å²) in [6.45, 7) is 5.32. The molecule has 1 N–H and O–H groups in total. The number of hydrogen-bond acceptors (Lipinski definition) is 1. The Hall–Kier alpha value is -0.480. The molecule has 15 heavy (non-hydrogen) atoms. The first kappa shape index (κ1) is 12.6. The van der Waals surface area contributed by atoms with Crippen molar-refractivity contribution in [2.24, 2.45) is 5.92 Å². The van der Waals surface area contributed by atoms with E-state index in [1.807, 2.05) is 6.92 Å². The van der Waals surface area contributed by atoms with Gasteiger partial charge in [-0.3, -0.25) is 0 Å². The minimum atomic E-state index is 0.651. The van der Waals surface area contributed by atoms with Crippen LogP contribution in [-0.2, 0) is 0 Å². The van der Waals surface area contributed by atoms with Gasteiger partial charge in [0, 0.05) is 12.5 Å². The van der Waals surface area contributed by atoms with Crippen molar-refractivity contribution in [3.05, 3.63) is 0 Å². The van der Waals surface area contributed by atoms with E-state index in [1.165, 1.54) is 38.5 Å². The van der Waals surface area contributed by atoms with Crippen LogP contribution in [0.25, 0.3) is 0 Å². The molecule has 0 bridgehead atoms. The molecule has 0 aliphatic heterocycles. The van der Waals surface area contributed by atoms with Crippen molar-refractivity contribution in [3.63, 3.8) is 0 Å². The molecule has 1 nitrogen and oxygen atoms in total. The third kappa shape index (κ3) is 4.71. The van der Waals surface area contributed by atoms with Crippen LogP contribution in [0, 0.1) is 17.8 Å². The van der Waals surface area contributed by atoms with Crippen LogP contribution in [0.15, 0.2) is 0 Å². The number of nitrogens with one attached hydrogen (secondary N) is 1. The summed E-state index contributed by atoms with van der Waals surface area (Å²) < 4.78 is 0. The second-order valence-corrected chi connectivity index (χ2v) is 4.59. The van der Waals surface area contributed by atoms with Gasteiger partial charge in [0.15, 0.2) is 0 Å². The minimum absolute atomic E-state index is 0.651. The molecule has 0 heterocycles. The summed E-state index contributed by atoms with van der Waals surface area (Å²) in [5.74, 6) is 7.15. The SMILES string of the molecule is CC#CCC(NCCC)C1CCCCC1. The predicted molar refractivity (Wildman–Crippen MR) is 66.7 cm³/mol. The lowest BCUT2D eigenvalue weighted by Gasteiger charge is -2.30. The third-order valence-electron chi connectivity index (χ3n) is 3.37. The zero-order valence-corrected chi connectivity index (χ0v) is 10.3. The van der Waals surface area contributed by atoms with E-state index in [9.17, 15) is 0 Å². The average Bonchev–Trinajstić information content (AvgIpc) is 2.30.